The minimum atomic E-state index is -0.475. The van der Waals surface area contributed by atoms with Crippen LogP contribution in [0.15, 0.2) is 24.3 Å². The summed E-state index contributed by atoms with van der Waals surface area (Å²) in [6, 6.07) is 7.55. The van der Waals surface area contributed by atoms with Crippen LogP contribution in [0.5, 0.6) is 0 Å². The van der Waals surface area contributed by atoms with Gasteiger partial charge in [0, 0.05) is 31.7 Å². The molecule has 0 radical (unpaired) electrons. The topological polar surface area (TPSA) is 70.7 Å². The van der Waals surface area contributed by atoms with Crippen molar-refractivity contribution in [2.24, 2.45) is 0 Å². The molecule has 2 rings (SSSR count). The largest absolute Gasteiger partial charge is 0.444 e. The second-order valence-corrected chi connectivity index (χ2v) is 7.09. The highest BCUT2D eigenvalue weighted by Gasteiger charge is 2.28. The number of nitrogens with one attached hydrogen (secondary N) is 2. The lowest BCUT2D eigenvalue weighted by atomic mass is 9.91. The molecule has 1 atom stereocenters. The van der Waals surface area contributed by atoms with Crippen LogP contribution in [0.4, 0.5) is 15.3 Å². The number of urea groups is 1. The summed E-state index contributed by atoms with van der Waals surface area (Å²) in [5.74, 6) is 0.292. The number of amides is 3. The van der Waals surface area contributed by atoms with Crippen LogP contribution in [0, 0.1) is 0 Å². The molecule has 0 bridgehead atoms. The maximum atomic E-state index is 12.2. The van der Waals surface area contributed by atoms with Gasteiger partial charge in [-0.3, -0.25) is 0 Å². The number of hydrogen-bond acceptors (Lipinski definition) is 3. The smallest absolute Gasteiger partial charge is 0.410 e. The van der Waals surface area contributed by atoms with Gasteiger partial charge >= 0.3 is 12.1 Å². The van der Waals surface area contributed by atoms with Gasteiger partial charge in [0.05, 0.1) is 0 Å². The van der Waals surface area contributed by atoms with Gasteiger partial charge in [0.1, 0.15) is 5.60 Å². The van der Waals surface area contributed by atoms with E-state index in [0.29, 0.717) is 12.5 Å². The summed E-state index contributed by atoms with van der Waals surface area (Å²) in [7, 11) is 1.58. The predicted molar refractivity (Wildman–Crippen MR) is 94.3 cm³/mol. The van der Waals surface area contributed by atoms with Crippen molar-refractivity contribution < 1.29 is 14.3 Å². The molecule has 1 unspecified atom stereocenters. The number of carbonyl (C=O) groups excluding carboxylic acids is 2. The summed E-state index contributed by atoms with van der Waals surface area (Å²) in [5, 5.41) is 5.26. The van der Waals surface area contributed by atoms with E-state index in [4.69, 9.17) is 4.74 Å². The molecule has 0 saturated carbocycles. The molecule has 3 amide bonds. The van der Waals surface area contributed by atoms with Crippen LogP contribution < -0.4 is 10.6 Å². The molecule has 0 aliphatic carbocycles. The van der Waals surface area contributed by atoms with Crippen LogP contribution in [0.25, 0.3) is 0 Å². The minimum absolute atomic E-state index is 0.239. The summed E-state index contributed by atoms with van der Waals surface area (Å²) in [6.07, 6.45) is 1.76. The van der Waals surface area contributed by atoms with Crippen LogP contribution in [-0.2, 0) is 4.74 Å². The second-order valence-electron chi connectivity index (χ2n) is 7.09. The Hall–Kier alpha value is -2.24. The van der Waals surface area contributed by atoms with Crippen LogP contribution >= 0.6 is 0 Å². The van der Waals surface area contributed by atoms with Gasteiger partial charge in [-0.15, -0.1) is 0 Å². The van der Waals surface area contributed by atoms with Gasteiger partial charge in [0.2, 0.25) is 0 Å². The number of anilines is 1. The summed E-state index contributed by atoms with van der Waals surface area (Å²) >= 11 is 0. The molecule has 6 nitrogen and oxygen atoms in total. The third-order valence-corrected chi connectivity index (χ3v) is 3.94. The Kier molecular flexibility index (Phi) is 5.70. The third kappa shape index (κ3) is 5.15. The summed E-state index contributed by atoms with van der Waals surface area (Å²) in [6.45, 7) is 7.04. The van der Waals surface area contributed by atoms with Gasteiger partial charge in [0.15, 0.2) is 0 Å². The maximum Gasteiger partial charge on any atom is 0.410 e. The third-order valence-electron chi connectivity index (χ3n) is 3.94. The van der Waals surface area contributed by atoms with Crippen molar-refractivity contribution in [3.05, 3.63) is 29.8 Å². The highest BCUT2D eigenvalue weighted by atomic mass is 16.6. The van der Waals surface area contributed by atoms with Gasteiger partial charge in [0.25, 0.3) is 0 Å². The maximum absolute atomic E-state index is 12.2. The Morgan fingerprint density at radius 3 is 2.46 bits per heavy atom. The standard InChI is InChI=1S/C18H27N3O3/c1-18(2,3)24-17(23)21-11-5-6-14(12-21)13-7-9-15(10-8-13)20-16(22)19-4/h7-10,14H,5-6,11-12H2,1-4H3,(H2,19,20,22). The molecule has 2 N–H and O–H groups in total. The lowest BCUT2D eigenvalue weighted by molar-refractivity contribution is 0.0198. The van der Waals surface area contributed by atoms with Crippen LogP contribution in [-0.4, -0.2) is 42.8 Å². The number of ether oxygens (including phenoxy) is 1. The Morgan fingerprint density at radius 1 is 1.21 bits per heavy atom. The van der Waals surface area contributed by atoms with Crippen LogP contribution in [0.1, 0.15) is 45.1 Å². The Bertz CT molecular complexity index is 578. The highest BCUT2D eigenvalue weighted by molar-refractivity contribution is 5.88. The van der Waals surface area contributed by atoms with Gasteiger partial charge in [-0.2, -0.15) is 0 Å². The van der Waals surface area contributed by atoms with Crippen molar-refractivity contribution in [2.45, 2.75) is 45.1 Å². The predicted octanol–water partition coefficient (Wildman–Crippen LogP) is 3.55. The Labute approximate surface area is 143 Å². The Balaban J connectivity index is 1.99. The van der Waals surface area contributed by atoms with Gasteiger partial charge in [-0.25, -0.2) is 9.59 Å². The fourth-order valence-electron chi connectivity index (χ4n) is 2.77. The molecule has 1 aromatic carbocycles. The molecule has 1 saturated heterocycles. The molecule has 132 valence electrons. The second kappa shape index (κ2) is 7.55. The number of hydrogen-bond donors (Lipinski definition) is 2. The van der Waals surface area contributed by atoms with Gasteiger partial charge < -0.3 is 20.3 Å². The first kappa shape index (κ1) is 18.1. The Morgan fingerprint density at radius 2 is 1.88 bits per heavy atom. The zero-order valence-corrected chi connectivity index (χ0v) is 14.9. The monoisotopic (exact) mass is 333 g/mol. The molecular formula is C18H27N3O3. The van der Waals surface area contributed by atoms with Gasteiger partial charge in [-0.1, -0.05) is 12.1 Å². The van der Waals surface area contributed by atoms with Gasteiger partial charge in [-0.05, 0) is 51.3 Å². The first-order valence-electron chi connectivity index (χ1n) is 8.35. The number of rotatable bonds is 2. The van der Waals surface area contributed by atoms with Crippen molar-refractivity contribution in [1.82, 2.24) is 10.2 Å². The zero-order valence-electron chi connectivity index (χ0n) is 14.9. The zero-order chi connectivity index (χ0) is 17.7. The average Bonchev–Trinajstić information content (AvgIpc) is 2.54. The molecule has 1 aliphatic rings. The van der Waals surface area contributed by atoms with E-state index in [9.17, 15) is 9.59 Å². The van der Waals surface area contributed by atoms with Crippen molar-refractivity contribution in [3.8, 4) is 0 Å². The lowest BCUT2D eigenvalue weighted by Gasteiger charge is -2.34. The number of carbonyl (C=O) groups is 2. The highest BCUT2D eigenvalue weighted by Crippen LogP contribution is 2.28. The molecule has 1 heterocycles. The van der Waals surface area contributed by atoms with E-state index in [0.717, 1.165) is 25.1 Å². The lowest BCUT2D eigenvalue weighted by Crippen LogP contribution is -2.42. The number of nitrogens with zero attached hydrogens (tertiary/aromatic N) is 1. The summed E-state index contributed by atoms with van der Waals surface area (Å²) in [4.78, 5) is 25.4. The molecule has 1 aromatic rings. The minimum Gasteiger partial charge on any atom is -0.444 e. The van der Waals surface area contributed by atoms with Crippen molar-refractivity contribution in [3.63, 3.8) is 0 Å². The average molecular weight is 333 g/mol. The van der Waals surface area contributed by atoms with Crippen LogP contribution in [0.3, 0.4) is 0 Å². The van der Waals surface area contributed by atoms with E-state index in [-0.39, 0.29) is 12.1 Å². The van der Waals surface area contributed by atoms with Crippen molar-refractivity contribution in [1.29, 1.82) is 0 Å². The van der Waals surface area contributed by atoms with Crippen LogP contribution in [0.2, 0.25) is 0 Å². The number of piperidine rings is 1. The summed E-state index contributed by atoms with van der Waals surface area (Å²) in [5.41, 5.74) is 1.45. The fraction of sp³-hybridized carbons (Fsp3) is 0.556. The quantitative estimate of drug-likeness (QED) is 0.869. The molecule has 1 fully saturated rings. The SMILES string of the molecule is CNC(=O)Nc1ccc(C2CCCN(C(=O)OC(C)(C)C)C2)cc1. The van der Waals surface area contributed by atoms with Crippen molar-refractivity contribution >= 4 is 17.8 Å². The molecule has 0 spiro atoms. The fourth-order valence-corrected chi connectivity index (χ4v) is 2.77. The van der Waals surface area contributed by atoms with E-state index >= 15 is 0 Å². The van der Waals surface area contributed by atoms with E-state index in [2.05, 4.69) is 10.6 Å². The summed E-state index contributed by atoms with van der Waals surface area (Å²) < 4.78 is 5.47. The first-order valence-corrected chi connectivity index (χ1v) is 8.35. The van der Waals surface area contributed by atoms with E-state index in [1.807, 2.05) is 45.0 Å². The van der Waals surface area contributed by atoms with Crippen molar-refractivity contribution in [2.75, 3.05) is 25.5 Å². The van der Waals surface area contributed by atoms with E-state index in [1.165, 1.54) is 5.56 Å². The molecule has 0 aromatic heterocycles. The molecule has 6 heteroatoms. The first-order chi connectivity index (χ1) is 11.3. The number of likely N-dealkylation sites (tertiary alicyclic amines) is 1. The molecular weight excluding hydrogens is 306 g/mol. The normalized spacial score (nSPS) is 18.0. The number of benzene rings is 1. The molecule has 1 aliphatic heterocycles. The van der Waals surface area contributed by atoms with E-state index in [1.54, 1.807) is 11.9 Å². The molecule has 24 heavy (non-hydrogen) atoms. The van der Waals surface area contributed by atoms with E-state index < -0.39 is 5.60 Å².